The van der Waals surface area contributed by atoms with Crippen LogP contribution in [0, 0.1) is 5.82 Å². The lowest BCUT2D eigenvalue weighted by Crippen LogP contribution is -1.94. The maximum atomic E-state index is 13.0. The number of hydrogen-bond acceptors (Lipinski definition) is 2. The molecule has 0 N–H and O–H groups in total. The molecule has 3 nitrogen and oxygen atoms in total. The van der Waals surface area contributed by atoms with E-state index in [2.05, 4.69) is 4.98 Å². The number of rotatable bonds is 2. The topological polar surface area (TPSA) is 34.9 Å². The van der Waals surface area contributed by atoms with E-state index in [0.717, 1.165) is 5.52 Å². The summed E-state index contributed by atoms with van der Waals surface area (Å²) in [6, 6.07) is 7.67. The molecule has 0 aliphatic rings. The van der Waals surface area contributed by atoms with Gasteiger partial charge < -0.3 is 0 Å². The molecule has 2 heterocycles. The van der Waals surface area contributed by atoms with Crippen molar-refractivity contribution in [2.75, 3.05) is 0 Å². The van der Waals surface area contributed by atoms with Gasteiger partial charge in [-0.3, -0.25) is 14.3 Å². The number of halogens is 2. The Balaban J connectivity index is 2.37. The smallest absolute Gasteiger partial charge is 0.153 e. The zero-order valence-electron chi connectivity index (χ0n) is 9.68. The number of benzene rings is 1. The Morgan fingerprint density at radius 1 is 1.21 bits per heavy atom. The fourth-order valence-corrected chi connectivity index (χ4v) is 2.42. The van der Waals surface area contributed by atoms with E-state index in [1.807, 2.05) is 0 Å². The van der Waals surface area contributed by atoms with Crippen LogP contribution in [0.3, 0.4) is 0 Å². The maximum Gasteiger partial charge on any atom is 0.153 e. The highest BCUT2D eigenvalue weighted by Gasteiger charge is 2.16. The summed E-state index contributed by atoms with van der Waals surface area (Å²) in [6.07, 6.45) is 3.91. The summed E-state index contributed by atoms with van der Waals surface area (Å²) < 4.78 is 14.7. The van der Waals surface area contributed by atoms with Crippen LogP contribution in [0.15, 0.2) is 42.7 Å². The number of fused-ring (bicyclic) bond motifs is 1. The third kappa shape index (κ3) is 1.81. The molecule has 0 aliphatic heterocycles. The largest absolute Gasteiger partial charge is 0.299 e. The summed E-state index contributed by atoms with van der Waals surface area (Å²) in [5, 5.41) is 0.969. The van der Waals surface area contributed by atoms with Gasteiger partial charge in [0.2, 0.25) is 0 Å². The Labute approximate surface area is 113 Å². The first kappa shape index (κ1) is 11.9. The van der Waals surface area contributed by atoms with Crippen molar-refractivity contribution in [3.8, 4) is 5.69 Å². The SMILES string of the molecule is O=Cc1c(Cl)n(-c2ccc(F)cc2)c2ccncc12. The molecule has 19 heavy (non-hydrogen) atoms. The van der Waals surface area contributed by atoms with Gasteiger partial charge in [-0.05, 0) is 30.3 Å². The predicted molar refractivity (Wildman–Crippen MR) is 71.4 cm³/mol. The van der Waals surface area contributed by atoms with Crippen LogP contribution < -0.4 is 0 Å². The van der Waals surface area contributed by atoms with Gasteiger partial charge in [-0.2, -0.15) is 0 Å². The molecule has 0 bridgehead atoms. The Hall–Kier alpha value is -2.20. The average Bonchev–Trinajstić information content (AvgIpc) is 2.71. The highest BCUT2D eigenvalue weighted by molar-refractivity contribution is 6.34. The summed E-state index contributed by atoms with van der Waals surface area (Å²) in [4.78, 5) is 15.1. The molecule has 0 unspecified atom stereocenters. The molecule has 0 atom stereocenters. The van der Waals surface area contributed by atoms with Crippen LogP contribution in [0.1, 0.15) is 10.4 Å². The van der Waals surface area contributed by atoms with Gasteiger partial charge in [0.25, 0.3) is 0 Å². The molecular formula is C14H8ClFN2O. The second-order valence-electron chi connectivity index (χ2n) is 4.03. The standard InChI is InChI=1S/C14H8ClFN2O/c15-14-12(8-19)11-7-17-6-5-13(11)18(14)10-3-1-9(16)2-4-10/h1-8H. The van der Waals surface area contributed by atoms with Gasteiger partial charge in [0.05, 0.1) is 11.1 Å². The predicted octanol–water partition coefficient (Wildman–Crippen LogP) is 3.63. The summed E-state index contributed by atoms with van der Waals surface area (Å²) >= 11 is 6.24. The number of carbonyl (C=O) groups is 1. The minimum Gasteiger partial charge on any atom is -0.299 e. The van der Waals surface area contributed by atoms with E-state index in [0.29, 0.717) is 28.1 Å². The summed E-state index contributed by atoms with van der Waals surface area (Å²) in [6.45, 7) is 0. The van der Waals surface area contributed by atoms with Crippen molar-refractivity contribution in [3.05, 3.63) is 59.3 Å². The molecule has 0 radical (unpaired) electrons. The van der Waals surface area contributed by atoms with Gasteiger partial charge in [0, 0.05) is 23.5 Å². The van der Waals surface area contributed by atoms with E-state index >= 15 is 0 Å². The van der Waals surface area contributed by atoms with Crippen molar-refractivity contribution >= 4 is 28.8 Å². The lowest BCUT2D eigenvalue weighted by atomic mass is 10.2. The van der Waals surface area contributed by atoms with Crippen LogP contribution in [-0.2, 0) is 0 Å². The molecule has 0 saturated heterocycles. The van der Waals surface area contributed by atoms with Crippen molar-refractivity contribution in [1.29, 1.82) is 0 Å². The summed E-state index contributed by atoms with van der Waals surface area (Å²) in [5.74, 6) is -0.325. The first-order valence-electron chi connectivity index (χ1n) is 5.57. The lowest BCUT2D eigenvalue weighted by molar-refractivity contribution is 0.112. The fourth-order valence-electron chi connectivity index (χ4n) is 2.08. The van der Waals surface area contributed by atoms with Gasteiger partial charge in [0.1, 0.15) is 11.0 Å². The van der Waals surface area contributed by atoms with Crippen LogP contribution in [0.25, 0.3) is 16.6 Å². The third-order valence-electron chi connectivity index (χ3n) is 2.95. The molecule has 0 fully saturated rings. The van der Waals surface area contributed by atoms with Gasteiger partial charge in [-0.1, -0.05) is 11.6 Å². The van der Waals surface area contributed by atoms with Crippen LogP contribution in [0.5, 0.6) is 0 Å². The van der Waals surface area contributed by atoms with Gasteiger partial charge in [-0.15, -0.1) is 0 Å². The molecule has 3 rings (SSSR count). The van der Waals surface area contributed by atoms with Gasteiger partial charge in [0.15, 0.2) is 6.29 Å². The molecule has 0 amide bonds. The first-order chi connectivity index (χ1) is 9.22. The molecule has 0 aliphatic carbocycles. The third-order valence-corrected chi connectivity index (χ3v) is 3.32. The Bertz CT molecular complexity index is 765. The summed E-state index contributed by atoms with van der Waals surface area (Å²) in [5.41, 5.74) is 1.83. The molecule has 0 spiro atoms. The zero-order chi connectivity index (χ0) is 13.4. The van der Waals surface area contributed by atoms with E-state index in [4.69, 9.17) is 11.6 Å². The Kier molecular flexibility index (Phi) is 2.80. The van der Waals surface area contributed by atoms with Crippen molar-refractivity contribution < 1.29 is 9.18 Å². The van der Waals surface area contributed by atoms with Gasteiger partial charge >= 0.3 is 0 Å². The van der Waals surface area contributed by atoms with E-state index < -0.39 is 0 Å². The van der Waals surface area contributed by atoms with Crippen molar-refractivity contribution in [2.45, 2.75) is 0 Å². The minimum atomic E-state index is -0.325. The Morgan fingerprint density at radius 3 is 2.63 bits per heavy atom. The molecule has 2 aromatic heterocycles. The second kappa shape index (κ2) is 4.48. The molecule has 3 aromatic rings. The average molecular weight is 275 g/mol. The van der Waals surface area contributed by atoms with E-state index in [1.165, 1.54) is 12.1 Å². The highest BCUT2D eigenvalue weighted by atomic mass is 35.5. The van der Waals surface area contributed by atoms with E-state index in [-0.39, 0.29) is 5.82 Å². The number of carbonyl (C=O) groups excluding carboxylic acids is 1. The van der Waals surface area contributed by atoms with Crippen LogP contribution in [0.4, 0.5) is 4.39 Å². The van der Waals surface area contributed by atoms with Crippen molar-refractivity contribution in [2.24, 2.45) is 0 Å². The monoisotopic (exact) mass is 274 g/mol. The molecule has 94 valence electrons. The molecular weight excluding hydrogens is 267 g/mol. The van der Waals surface area contributed by atoms with Gasteiger partial charge in [-0.25, -0.2) is 4.39 Å². The summed E-state index contributed by atoms with van der Waals surface area (Å²) in [7, 11) is 0. The number of aldehydes is 1. The lowest BCUT2D eigenvalue weighted by Gasteiger charge is -2.06. The maximum absolute atomic E-state index is 13.0. The quantitative estimate of drug-likeness (QED) is 0.669. The molecule has 5 heteroatoms. The molecule has 1 aromatic carbocycles. The minimum absolute atomic E-state index is 0.296. The van der Waals surface area contributed by atoms with Crippen LogP contribution in [-0.4, -0.2) is 15.8 Å². The Morgan fingerprint density at radius 2 is 1.95 bits per heavy atom. The first-order valence-corrected chi connectivity index (χ1v) is 5.95. The fraction of sp³-hybridized carbons (Fsp3) is 0. The zero-order valence-corrected chi connectivity index (χ0v) is 10.4. The number of hydrogen-bond donors (Lipinski definition) is 0. The number of pyridine rings is 1. The van der Waals surface area contributed by atoms with Crippen LogP contribution in [0.2, 0.25) is 5.15 Å². The number of aromatic nitrogens is 2. The molecule has 0 saturated carbocycles. The number of nitrogens with zero attached hydrogens (tertiary/aromatic N) is 2. The van der Waals surface area contributed by atoms with Crippen molar-refractivity contribution in [1.82, 2.24) is 9.55 Å². The second-order valence-corrected chi connectivity index (χ2v) is 4.39. The van der Waals surface area contributed by atoms with Crippen molar-refractivity contribution in [3.63, 3.8) is 0 Å². The van der Waals surface area contributed by atoms with E-state index in [9.17, 15) is 9.18 Å². The highest BCUT2D eigenvalue weighted by Crippen LogP contribution is 2.31. The van der Waals surface area contributed by atoms with E-state index in [1.54, 1.807) is 35.2 Å². The normalized spacial score (nSPS) is 10.8. The van der Waals surface area contributed by atoms with Crippen LogP contribution >= 0.6 is 11.6 Å².